The Bertz CT molecular complexity index is 1570. The minimum Gasteiger partial charge on any atom is -0.432 e. The van der Waals surface area contributed by atoms with Crippen LogP contribution in [-0.4, -0.2) is 36.6 Å². The lowest BCUT2D eigenvalue weighted by molar-refractivity contribution is -0.159. The van der Waals surface area contributed by atoms with E-state index in [4.69, 9.17) is 4.74 Å². The van der Waals surface area contributed by atoms with Gasteiger partial charge in [0.2, 0.25) is 0 Å². The first kappa shape index (κ1) is 23.4. The Hall–Kier alpha value is -3.99. The predicted octanol–water partition coefficient (Wildman–Crippen LogP) is 4.63. The molecular formula is C26H22F3N5O3. The van der Waals surface area contributed by atoms with Gasteiger partial charge in [-0.15, -0.1) is 0 Å². The van der Waals surface area contributed by atoms with Crippen LogP contribution in [0.15, 0.2) is 42.7 Å². The van der Waals surface area contributed by atoms with Gasteiger partial charge in [-0.25, -0.2) is 19.3 Å². The summed E-state index contributed by atoms with van der Waals surface area (Å²) < 4.78 is 49.8. The van der Waals surface area contributed by atoms with Gasteiger partial charge in [-0.2, -0.15) is 8.78 Å². The summed E-state index contributed by atoms with van der Waals surface area (Å²) in [6.45, 7) is 3.74. The van der Waals surface area contributed by atoms with Crippen LogP contribution in [0.2, 0.25) is 0 Å². The highest BCUT2D eigenvalue weighted by Crippen LogP contribution is 2.48. The molecule has 2 atom stereocenters. The highest BCUT2D eigenvalue weighted by molar-refractivity contribution is 5.98. The van der Waals surface area contributed by atoms with Crippen molar-refractivity contribution < 1.29 is 27.8 Å². The maximum atomic E-state index is 15.2. The molecule has 2 aliphatic heterocycles. The van der Waals surface area contributed by atoms with Crippen molar-refractivity contribution in [2.45, 2.75) is 51.0 Å². The lowest BCUT2D eigenvalue weighted by atomic mass is 9.97. The van der Waals surface area contributed by atoms with Crippen LogP contribution in [-0.2, 0) is 5.60 Å². The van der Waals surface area contributed by atoms with Crippen LogP contribution >= 0.6 is 0 Å². The number of alkyl halides is 2. The first-order valence-corrected chi connectivity index (χ1v) is 11.7. The molecular weight excluding hydrogens is 487 g/mol. The first-order chi connectivity index (χ1) is 17.4. The zero-order valence-electron chi connectivity index (χ0n) is 20.1. The Morgan fingerprint density at radius 1 is 1.14 bits per heavy atom. The first-order valence-electron chi connectivity index (χ1n) is 11.7. The van der Waals surface area contributed by atoms with Crippen molar-refractivity contribution >= 4 is 16.9 Å². The van der Waals surface area contributed by atoms with E-state index in [0.29, 0.717) is 41.3 Å². The standard InChI is InChI=1S/C26H22F3N5O3/c1-25(2,36)24-30-10-12(11-31-24)14-7-18-16(8-15(14)27)32-22-17-9-19(34(18)22)21-13(23(35)33-17)5-4-6-20(21)37-26(3,28)29/h4-8,10-11,17,19,36H,9H2,1-3H3,(H,33,35)/t17-,19-/m1/s1. The van der Waals surface area contributed by atoms with Crippen LogP contribution in [0.5, 0.6) is 5.75 Å². The molecule has 37 heavy (non-hydrogen) atoms. The Balaban J connectivity index is 1.53. The molecule has 0 spiro atoms. The number of amides is 1. The maximum Gasteiger partial charge on any atom is 0.394 e. The van der Waals surface area contributed by atoms with E-state index in [2.05, 4.69) is 20.3 Å². The van der Waals surface area contributed by atoms with Crippen molar-refractivity contribution in [1.82, 2.24) is 24.8 Å². The third-order valence-electron chi connectivity index (χ3n) is 6.64. The summed E-state index contributed by atoms with van der Waals surface area (Å²) in [5.74, 6) is -0.367. The van der Waals surface area contributed by atoms with Crippen LogP contribution in [0.1, 0.15) is 66.8 Å². The third-order valence-corrected chi connectivity index (χ3v) is 6.64. The molecule has 2 bridgehead atoms. The molecule has 2 aromatic heterocycles. The minimum atomic E-state index is -3.46. The molecule has 1 amide bonds. The van der Waals surface area contributed by atoms with E-state index in [9.17, 15) is 18.7 Å². The zero-order valence-corrected chi connectivity index (χ0v) is 20.1. The van der Waals surface area contributed by atoms with Crippen molar-refractivity contribution in [3.05, 3.63) is 71.3 Å². The van der Waals surface area contributed by atoms with Crippen LogP contribution in [0.4, 0.5) is 13.2 Å². The number of aromatic nitrogens is 4. The smallest absolute Gasteiger partial charge is 0.394 e. The molecule has 0 unspecified atom stereocenters. The van der Waals surface area contributed by atoms with E-state index in [1.54, 1.807) is 26.0 Å². The van der Waals surface area contributed by atoms with Crippen molar-refractivity contribution in [3.8, 4) is 16.9 Å². The summed E-state index contributed by atoms with van der Waals surface area (Å²) in [7, 11) is 0. The number of imidazole rings is 1. The predicted molar refractivity (Wildman–Crippen MR) is 127 cm³/mol. The number of halogens is 3. The van der Waals surface area contributed by atoms with Gasteiger partial charge in [0.25, 0.3) is 5.91 Å². The number of aliphatic hydroxyl groups is 1. The molecule has 6 rings (SSSR count). The molecule has 0 aliphatic carbocycles. The Morgan fingerprint density at radius 2 is 1.86 bits per heavy atom. The third kappa shape index (κ3) is 3.81. The minimum absolute atomic E-state index is 0.0987. The second kappa shape index (κ2) is 7.75. The van der Waals surface area contributed by atoms with Crippen LogP contribution < -0.4 is 10.1 Å². The lowest BCUT2D eigenvalue weighted by Crippen LogP contribution is -2.28. The molecule has 0 fully saturated rings. The second-order valence-corrected chi connectivity index (χ2v) is 9.92. The van der Waals surface area contributed by atoms with Crippen molar-refractivity contribution in [1.29, 1.82) is 0 Å². The fourth-order valence-corrected chi connectivity index (χ4v) is 5.12. The fourth-order valence-electron chi connectivity index (χ4n) is 5.12. The Labute approximate surface area is 209 Å². The lowest BCUT2D eigenvalue weighted by Gasteiger charge is -2.23. The number of fused-ring (bicyclic) bond motifs is 9. The van der Waals surface area contributed by atoms with Gasteiger partial charge in [0.15, 0.2) is 5.82 Å². The molecule has 2 N–H and O–H groups in total. The Morgan fingerprint density at radius 3 is 2.54 bits per heavy atom. The average molecular weight is 509 g/mol. The second-order valence-electron chi connectivity index (χ2n) is 9.92. The summed E-state index contributed by atoms with van der Waals surface area (Å²) in [5.41, 5.74) is 0.832. The number of rotatable bonds is 4. The number of ether oxygens (including phenoxy) is 1. The van der Waals surface area contributed by atoms with Gasteiger partial charge in [-0.05, 0) is 38.5 Å². The topological polar surface area (TPSA) is 102 Å². The SMILES string of the molecule is CC(F)(F)Oc1cccc2c1[C@H]1C[C@@H](NC2=O)c2nc3cc(F)c(-c4cnc(C(C)(C)O)nc4)cc3n21. The summed E-state index contributed by atoms with van der Waals surface area (Å²) in [4.78, 5) is 25.9. The number of hydrogen-bond acceptors (Lipinski definition) is 6. The number of benzene rings is 2. The fraction of sp³-hybridized carbons (Fsp3) is 0.308. The summed E-state index contributed by atoms with van der Waals surface area (Å²) in [6.07, 6.45) is -0.218. The van der Waals surface area contributed by atoms with E-state index < -0.39 is 35.5 Å². The molecule has 4 aromatic rings. The number of nitrogens with zero attached hydrogens (tertiary/aromatic N) is 4. The molecule has 0 saturated carbocycles. The van der Waals surface area contributed by atoms with Crippen LogP contribution in [0.3, 0.4) is 0 Å². The van der Waals surface area contributed by atoms with Gasteiger partial charge in [0.05, 0.1) is 23.1 Å². The Kier molecular flexibility index (Phi) is 4.91. The van der Waals surface area contributed by atoms with E-state index in [-0.39, 0.29) is 22.7 Å². The van der Waals surface area contributed by atoms with Gasteiger partial charge in [-0.1, -0.05) is 6.07 Å². The van der Waals surface area contributed by atoms with Gasteiger partial charge in [0, 0.05) is 47.6 Å². The van der Waals surface area contributed by atoms with E-state index >= 15 is 4.39 Å². The molecule has 0 saturated heterocycles. The maximum absolute atomic E-state index is 15.2. The highest BCUT2D eigenvalue weighted by Gasteiger charge is 2.43. The monoisotopic (exact) mass is 509 g/mol. The van der Waals surface area contributed by atoms with Gasteiger partial charge in [-0.3, -0.25) is 4.79 Å². The van der Waals surface area contributed by atoms with E-state index in [0.717, 1.165) is 0 Å². The molecule has 0 radical (unpaired) electrons. The van der Waals surface area contributed by atoms with Crippen molar-refractivity contribution in [2.24, 2.45) is 0 Å². The summed E-state index contributed by atoms with van der Waals surface area (Å²) in [5, 5.41) is 13.0. The molecule has 190 valence electrons. The largest absolute Gasteiger partial charge is 0.432 e. The average Bonchev–Trinajstić information content (AvgIpc) is 3.28. The molecule has 2 aliphatic rings. The molecule has 2 aromatic carbocycles. The normalized spacial score (nSPS) is 18.8. The number of carbonyl (C=O) groups is 1. The van der Waals surface area contributed by atoms with Crippen LogP contribution in [0, 0.1) is 5.82 Å². The zero-order chi connectivity index (χ0) is 26.3. The quantitative estimate of drug-likeness (QED) is 0.416. The summed E-state index contributed by atoms with van der Waals surface area (Å²) >= 11 is 0. The number of hydrogen-bond donors (Lipinski definition) is 2. The van der Waals surface area contributed by atoms with Crippen molar-refractivity contribution in [3.63, 3.8) is 0 Å². The number of nitrogens with one attached hydrogen (secondary N) is 1. The highest BCUT2D eigenvalue weighted by atomic mass is 19.3. The molecule has 4 heterocycles. The van der Waals surface area contributed by atoms with Gasteiger partial charge in [0.1, 0.15) is 23.0 Å². The number of carbonyl (C=O) groups excluding carboxylic acids is 1. The van der Waals surface area contributed by atoms with E-state index in [1.165, 1.54) is 30.6 Å². The summed E-state index contributed by atoms with van der Waals surface area (Å²) in [6, 6.07) is 6.33. The van der Waals surface area contributed by atoms with Gasteiger partial charge < -0.3 is 19.7 Å². The van der Waals surface area contributed by atoms with Gasteiger partial charge >= 0.3 is 6.11 Å². The molecule has 8 nitrogen and oxygen atoms in total. The molecule has 11 heteroatoms. The van der Waals surface area contributed by atoms with E-state index in [1.807, 2.05) is 4.57 Å². The van der Waals surface area contributed by atoms with Crippen molar-refractivity contribution in [2.75, 3.05) is 0 Å². The van der Waals surface area contributed by atoms with Crippen LogP contribution in [0.25, 0.3) is 22.2 Å².